The maximum Gasteiger partial charge on any atom is 0.328 e. The van der Waals surface area contributed by atoms with Crippen molar-refractivity contribution >= 4 is 28.0 Å². The lowest BCUT2D eigenvalue weighted by molar-refractivity contribution is 0.0959. The van der Waals surface area contributed by atoms with Crippen LogP contribution >= 0.6 is 0 Å². The van der Waals surface area contributed by atoms with Crippen molar-refractivity contribution < 1.29 is 9.18 Å². The molecule has 0 saturated carbocycles. The third-order valence-corrected chi connectivity index (χ3v) is 7.19. The molecule has 0 saturated heterocycles. The summed E-state index contributed by atoms with van der Waals surface area (Å²) >= 11 is 0. The third-order valence-electron chi connectivity index (χ3n) is 7.19. The number of imidazole rings is 2. The van der Waals surface area contributed by atoms with Crippen molar-refractivity contribution in [1.29, 1.82) is 0 Å². The summed E-state index contributed by atoms with van der Waals surface area (Å²) in [6, 6.07) is 20.1. The molecule has 3 aromatic carbocycles. The summed E-state index contributed by atoms with van der Waals surface area (Å²) in [5, 5.41) is 2.45. The maximum atomic E-state index is 14.7. The third kappa shape index (κ3) is 3.82. The minimum absolute atomic E-state index is 0.00773. The predicted molar refractivity (Wildman–Crippen MR) is 150 cm³/mol. The molecule has 1 N–H and O–H groups in total. The molecule has 0 aliphatic heterocycles. The van der Waals surface area contributed by atoms with E-state index in [1.165, 1.54) is 19.2 Å². The second-order valence-electron chi connectivity index (χ2n) is 9.46. The quantitative estimate of drug-likeness (QED) is 0.363. The predicted octanol–water partition coefficient (Wildman–Crippen LogP) is 4.75. The van der Waals surface area contributed by atoms with Crippen LogP contribution in [0.5, 0.6) is 0 Å². The second-order valence-corrected chi connectivity index (χ2v) is 9.46. The van der Waals surface area contributed by atoms with Crippen molar-refractivity contribution in [2.45, 2.75) is 6.92 Å². The average Bonchev–Trinajstić information content (AvgIpc) is 3.43. The highest BCUT2D eigenvalue weighted by Crippen LogP contribution is 2.33. The zero-order chi connectivity index (χ0) is 27.4. The van der Waals surface area contributed by atoms with Crippen LogP contribution in [0.25, 0.3) is 50.3 Å². The lowest BCUT2D eigenvalue weighted by Crippen LogP contribution is -2.19. The van der Waals surface area contributed by atoms with Crippen molar-refractivity contribution in [2.75, 3.05) is 7.05 Å². The van der Waals surface area contributed by atoms with Crippen molar-refractivity contribution in [1.82, 2.24) is 29.0 Å². The Morgan fingerprint density at radius 3 is 2.36 bits per heavy atom. The second kappa shape index (κ2) is 9.05. The monoisotopic (exact) mass is 520 g/mol. The topological polar surface area (TPSA) is 86.7 Å². The number of nitrogens with zero attached hydrogens (tertiary/aromatic N) is 5. The van der Waals surface area contributed by atoms with Crippen molar-refractivity contribution in [3.8, 4) is 28.2 Å². The van der Waals surface area contributed by atoms with Gasteiger partial charge in [0, 0.05) is 44.3 Å². The van der Waals surface area contributed by atoms with E-state index in [0.717, 1.165) is 39.1 Å². The van der Waals surface area contributed by atoms with Gasteiger partial charge in [0.25, 0.3) is 5.91 Å². The zero-order valence-electron chi connectivity index (χ0n) is 21.9. The van der Waals surface area contributed by atoms with Gasteiger partial charge in [-0.25, -0.2) is 14.2 Å². The molecule has 8 nitrogen and oxygen atoms in total. The lowest BCUT2D eigenvalue weighted by atomic mass is 10.0. The van der Waals surface area contributed by atoms with Crippen molar-refractivity contribution in [3.05, 3.63) is 100 Å². The number of nitrogens with one attached hydrogen (secondary N) is 1. The molecule has 0 fully saturated rings. The average molecular weight is 521 g/mol. The molecule has 0 spiro atoms. The van der Waals surface area contributed by atoms with Crippen LogP contribution in [0.4, 0.5) is 4.39 Å². The van der Waals surface area contributed by atoms with Crippen LogP contribution in [-0.4, -0.2) is 36.6 Å². The summed E-state index contributed by atoms with van der Waals surface area (Å²) in [4.78, 5) is 34.0. The van der Waals surface area contributed by atoms with Crippen molar-refractivity contribution in [3.63, 3.8) is 0 Å². The fraction of sp³-hybridized carbons (Fsp3) is 0.133. The summed E-state index contributed by atoms with van der Waals surface area (Å²) in [5.74, 6) is -0.363. The Morgan fingerprint density at radius 1 is 0.897 bits per heavy atom. The first-order chi connectivity index (χ1) is 18.8. The number of carbonyl (C=O) groups excluding carboxylic acids is 1. The number of aryl methyl sites for hydroxylation is 3. The Morgan fingerprint density at radius 2 is 1.62 bits per heavy atom. The van der Waals surface area contributed by atoms with Crippen LogP contribution in [-0.2, 0) is 14.1 Å². The van der Waals surface area contributed by atoms with Crippen LogP contribution in [0.1, 0.15) is 16.1 Å². The van der Waals surface area contributed by atoms with Crippen LogP contribution in [0.2, 0.25) is 0 Å². The van der Waals surface area contributed by atoms with Gasteiger partial charge in [0.15, 0.2) is 0 Å². The number of rotatable bonds is 4. The molecule has 39 heavy (non-hydrogen) atoms. The van der Waals surface area contributed by atoms with Crippen LogP contribution in [0, 0.1) is 12.7 Å². The van der Waals surface area contributed by atoms with E-state index in [0.29, 0.717) is 16.9 Å². The summed E-state index contributed by atoms with van der Waals surface area (Å²) < 4.78 is 20.0. The summed E-state index contributed by atoms with van der Waals surface area (Å²) in [6.45, 7) is 1.94. The number of amides is 1. The van der Waals surface area contributed by atoms with Crippen molar-refractivity contribution in [2.24, 2.45) is 14.1 Å². The van der Waals surface area contributed by atoms with Gasteiger partial charge in [-0.15, -0.1) is 0 Å². The lowest BCUT2D eigenvalue weighted by Gasteiger charge is -2.12. The summed E-state index contributed by atoms with van der Waals surface area (Å²) in [6.07, 6.45) is 1.74. The van der Waals surface area contributed by atoms with Crippen LogP contribution in [0.15, 0.2) is 77.7 Å². The van der Waals surface area contributed by atoms with E-state index in [2.05, 4.69) is 14.9 Å². The molecular weight excluding hydrogens is 495 g/mol. The number of pyridine rings is 1. The Hall–Kier alpha value is -5.05. The van der Waals surface area contributed by atoms with Gasteiger partial charge >= 0.3 is 5.69 Å². The van der Waals surface area contributed by atoms with E-state index < -0.39 is 11.7 Å². The SMILES string of the molecule is CNC(=O)c1ccc(-c2ccc3c(c2)nc(-c2cccnc2C)n3-c2ccc3c(c2)n(C)c(=O)n3C)cc1F. The maximum absolute atomic E-state index is 14.7. The molecule has 0 aliphatic rings. The molecule has 1 amide bonds. The molecular formula is C30H25FN6O2. The van der Waals surface area contributed by atoms with Gasteiger partial charge in [0.05, 0.1) is 27.6 Å². The molecule has 0 aliphatic carbocycles. The minimum atomic E-state index is -0.592. The Labute approximate surface area is 223 Å². The highest BCUT2D eigenvalue weighted by atomic mass is 19.1. The Bertz CT molecular complexity index is 2000. The van der Waals surface area contributed by atoms with Gasteiger partial charge < -0.3 is 5.32 Å². The largest absolute Gasteiger partial charge is 0.355 e. The first kappa shape index (κ1) is 24.3. The van der Waals surface area contributed by atoms with E-state index in [4.69, 9.17) is 4.98 Å². The number of carbonyl (C=O) groups is 1. The zero-order valence-corrected chi connectivity index (χ0v) is 21.9. The van der Waals surface area contributed by atoms with E-state index in [-0.39, 0.29) is 11.3 Å². The Kier molecular flexibility index (Phi) is 5.64. The number of hydrogen-bond acceptors (Lipinski definition) is 4. The smallest absolute Gasteiger partial charge is 0.328 e. The first-order valence-corrected chi connectivity index (χ1v) is 12.4. The van der Waals surface area contributed by atoms with Crippen LogP contribution < -0.4 is 11.0 Å². The minimum Gasteiger partial charge on any atom is -0.355 e. The van der Waals surface area contributed by atoms with Gasteiger partial charge in [-0.2, -0.15) is 0 Å². The normalized spacial score (nSPS) is 11.4. The van der Waals surface area contributed by atoms with E-state index in [1.54, 1.807) is 35.5 Å². The fourth-order valence-corrected chi connectivity index (χ4v) is 5.07. The highest BCUT2D eigenvalue weighted by Gasteiger charge is 2.19. The molecule has 0 radical (unpaired) electrons. The summed E-state index contributed by atoms with van der Waals surface area (Å²) in [5.41, 5.74) is 7.04. The first-order valence-electron chi connectivity index (χ1n) is 12.4. The molecule has 0 bridgehead atoms. The van der Waals surface area contributed by atoms with Gasteiger partial charge in [0.2, 0.25) is 0 Å². The van der Waals surface area contributed by atoms with E-state index >= 15 is 0 Å². The fourth-order valence-electron chi connectivity index (χ4n) is 5.07. The van der Waals surface area contributed by atoms with E-state index in [1.807, 2.05) is 55.5 Å². The van der Waals surface area contributed by atoms with Gasteiger partial charge in [-0.05, 0) is 72.6 Å². The Balaban J connectivity index is 1.58. The number of halogens is 1. The molecule has 6 aromatic rings. The molecule has 194 valence electrons. The van der Waals surface area contributed by atoms with Crippen LogP contribution in [0.3, 0.4) is 0 Å². The molecule has 0 atom stereocenters. The molecule has 6 rings (SSSR count). The highest BCUT2D eigenvalue weighted by molar-refractivity contribution is 5.95. The molecule has 0 unspecified atom stereocenters. The number of aromatic nitrogens is 5. The number of fused-ring (bicyclic) bond motifs is 2. The number of benzene rings is 3. The van der Waals surface area contributed by atoms with Gasteiger partial charge in [0.1, 0.15) is 11.6 Å². The summed E-state index contributed by atoms with van der Waals surface area (Å²) in [7, 11) is 4.98. The molecule has 3 aromatic heterocycles. The molecule has 3 heterocycles. The van der Waals surface area contributed by atoms with Gasteiger partial charge in [-0.3, -0.25) is 23.5 Å². The van der Waals surface area contributed by atoms with Gasteiger partial charge in [-0.1, -0.05) is 12.1 Å². The standard InChI is InChI=1S/C30H25FN6O2/c1-17-21(6-5-13-33-17)28-34-24-15-19(18-7-10-22(23(31)14-18)29(38)32-2)8-11-25(24)37(28)20-9-12-26-27(16-20)36(4)30(39)35(26)3/h5-16H,1-4H3,(H,32,38). The number of hydrogen-bond donors (Lipinski definition) is 1. The molecule has 9 heteroatoms. The van der Waals surface area contributed by atoms with E-state index in [9.17, 15) is 14.0 Å².